The number of benzene rings is 3. The summed E-state index contributed by atoms with van der Waals surface area (Å²) in [5.74, 6) is -0.528. The number of nitrogens with zero attached hydrogens (tertiary/aromatic N) is 2. The highest BCUT2D eigenvalue weighted by atomic mass is 19.4. The molecule has 6 rings (SSSR count). The molecular formula is C29H21F6N4O3+. The fourth-order valence-electron chi connectivity index (χ4n) is 5.62. The summed E-state index contributed by atoms with van der Waals surface area (Å²) in [4.78, 5) is 14.6. The van der Waals surface area contributed by atoms with E-state index in [9.17, 15) is 36.2 Å². The van der Waals surface area contributed by atoms with Crippen LogP contribution in [0.4, 0.5) is 53.9 Å². The van der Waals surface area contributed by atoms with Crippen LogP contribution in [0.2, 0.25) is 0 Å². The van der Waals surface area contributed by atoms with E-state index in [1.807, 2.05) is 0 Å². The number of aromatic hydroxyl groups is 1. The van der Waals surface area contributed by atoms with Crippen molar-refractivity contribution >= 4 is 28.8 Å². The van der Waals surface area contributed by atoms with E-state index in [1.165, 1.54) is 24.3 Å². The van der Waals surface area contributed by atoms with Crippen molar-refractivity contribution in [3.05, 3.63) is 90.1 Å². The normalized spacial score (nSPS) is 17.1. The molecule has 3 aromatic carbocycles. The predicted octanol–water partition coefficient (Wildman–Crippen LogP) is 7.14. The van der Waals surface area contributed by atoms with Crippen LogP contribution in [0.15, 0.2) is 79.0 Å². The number of pyridine rings is 1. The summed E-state index contributed by atoms with van der Waals surface area (Å²) in [5, 5.41) is 16.2. The van der Waals surface area contributed by atoms with Gasteiger partial charge in [-0.15, -0.1) is 13.2 Å². The van der Waals surface area contributed by atoms with Crippen molar-refractivity contribution in [1.29, 1.82) is 0 Å². The van der Waals surface area contributed by atoms with E-state index in [0.717, 1.165) is 24.4 Å². The molecule has 42 heavy (non-hydrogen) atoms. The quantitative estimate of drug-likeness (QED) is 0.175. The molecule has 2 aliphatic rings. The molecule has 0 spiro atoms. The Kier molecular flexibility index (Phi) is 6.03. The first kappa shape index (κ1) is 27.2. The van der Waals surface area contributed by atoms with E-state index in [4.69, 9.17) is 0 Å². The standard InChI is InChI=1S/C29H20F6N4O3/c1-27-15-38(25-23(40)13-11-19(24(25)27)21-12-6-16(14-39(21)27)28(30,31)32)22-5-3-2-4-20(22)37-26(41)36-17-7-9-18(10-8-17)42-29(33,34)35/h2-14H,15H2,1H3,(H2,36,37,41)/p+1. The van der Waals surface area contributed by atoms with E-state index in [0.29, 0.717) is 33.9 Å². The highest BCUT2D eigenvalue weighted by molar-refractivity contribution is 6.03. The molecule has 216 valence electrons. The van der Waals surface area contributed by atoms with E-state index in [2.05, 4.69) is 15.4 Å². The predicted molar refractivity (Wildman–Crippen MR) is 141 cm³/mol. The average molecular weight is 588 g/mol. The molecule has 2 aliphatic heterocycles. The van der Waals surface area contributed by atoms with Crippen molar-refractivity contribution in [1.82, 2.24) is 0 Å². The first-order valence-corrected chi connectivity index (χ1v) is 12.6. The summed E-state index contributed by atoms with van der Waals surface area (Å²) in [6, 6.07) is 16.2. The fraction of sp³-hybridized carbons (Fsp3) is 0.172. The second-order valence-corrected chi connectivity index (χ2v) is 10.1. The van der Waals surface area contributed by atoms with Gasteiger partial charge in [0, 0.05) is 18.7 Å². The van der Waals surface area contributed by atoms with Gasteiger partial charge in [-0.2, -0.15) is 17.7 Å². The number of para-hydroxylation sites is 2. The molecule has 0 saturated heterocycles. The van der Waals surface area contributed by atoms with Crippen LogP contribution in [0.3, 0.4) is 0 Å². The molecule has 7 nitrogen and oxygen atoms in total. The van der Waals surface area contributed by atoms with Gasteiger partial charge in [0.15, 0.2) is 6.20 Å². The van der Waals surface area contributed by atoms with E-state index >= 15 is 0 Å². The number of rotatable bonds is 4. The molecule has 2 amide bonds. The number of urea groups is 1. The number of anilines is 4. The lowest BCUT2D eigenvalue weighted by molar-refractivity contribution is -0.732. The van der Waals surface area contributed by atoms with Crippen molar-refractivity contribution in [2.24, 2.45) is 0 Å². The molecule has 0 bridgehead atoms. The van der Waals surface area contributed by atoms with E-state index < -0.39 is 35.4 Å². The molecule has 1 aromatic heterocycles. The minimum atomic E-state index is -4.85. The van der Waals surface area contributed by atoms with Crippen LogP contribution >= 0.6 is 0 Å². The van der Waals surface area contributed by atoms with Gasteiger partial charge in [0.2, 0.25) is 11.2 Å². The molecule has 13 heteroatoms. The van der Waals surface area contributed by atoms with Gasteiger partial charge in [-0.3, -0.25) is 0 Å². The third-order valence-corrected chi connectivity index (χ3v) is 7.30. The SMILES string of the molecule is CC12CN(c3ccccc3NC(=O)Nc3ccc(OC(F)(F)F)cc3)c3c(O)ccc(c31)-c1ccc(C(F)(F)F)c[n+]12. The number of alkyl halides is 6. The number of fused-ring (bicyclic) bond motifs is 3. The number of amides is 2. The number of phenols is 1. The zero-order valence-corrected chi connectivity index (χ0v) is 21.6. The number of ether oxygens (including phenoxy) is 1. The second kappa shape index (κ2) is 9.29. The Balaban J connectivity index is 1.31. The lowest BCUT2D eigenvalue weighted by Crippen LogP contribution is -2.55. The smallest absolute Gasteiger partial charge is 0.506 e. The van der Waals surface area contributed by atoms with Crippen LogP contribution in [0.1, 0.15) is 18.1 Å². The highest BCUT2D eigenvalue weighted by Gasteiger charge is 2.57. The van der Waals surface area contributed by atoms with Gasteiger partial charge in [0.05, 0.1) is 34.7 Å². The molecule has 3 N–H and O–H groups in total. The lowest BCUT2D eigenvalue weighted by Gasteiger charge is -2.25. The van der Waals surface area contributed by atoms with Crippen LogP contribution in [0.25, 0.3) is 11.3 Å². The number of hydrogen-bond donors (Lipinski definition) is 3. The van der Waals surface area contributed by atoms with Gasteiger partial charge >= 0.3 is 18.6 Å². The summed E-state index contributed by atoms with van der Waals surface area (Å²) in [6.45, 7) is 1.94. The number of phenolic OH excluding ortho intramolecular Hbond substituents is 1. The molecule has 0 radical (unpaired) electrons. The topological polar surface area (TPSA) is 77.7 Å². The molecule has 3 heterocycles. The summed E-state index contributed by atoms with van der Waals surface area (Å²) >= 11 is 0. The third kappa shape index (κ3) is 4.60. The minimum absolute atomic E-state index is 0.0812. The Bertz CT molecular complexity index is 1720. The molecular weight excluding hydrogens is 566 g/mol. The van der Waals surface area contributed by atoms with Crippen LogP contribution < -0.4 is 24.8 Å². The molecule has 4 aromatic rings. The van der Waals surface area contributed by atoms with Gasteiger partial charge in [-0.25, -0.2) is 4.79 Å². The largest absolute Gasteiger partial charge is 0.573 e. The van der Waals surface area contributed by atoms with Crippen molar-refractivity contribution in [2.45, 2.75) is 25.0 Å². The van der Waals surface area contributed by atoms with Gasteiger partial charge in [0.1, 0.15) is 17.1 Å². The first-order valence-electron chi connectivity index (χ1n) is 12.6. The van der Waals surface area contributed by atoms with Crippen molar-refractivity contribution < 1.29 is 45.5 Å². The summed E-state index contributed by atoms with van der Waals surface area (Å²) < 4.78 is 83.5. The molecule has 1 unspecified atom stereocenters. The Morgan fingerprint density at radius 1 is 0.952 bits per heavy atom. The van der Waals surface area contributed by atoms with Gasteiger partial charge in [-0.1, -0.05) is 12.1 Å². The summed E-state index contributed by atoms with van der Waals surface area (Å²) in [6.07, 6.45) is -8.33. The van der Waals surface area contributed by atoms with Gasteiger partial charge in [-0.05, 0) is 54.6 Å². The summed E-state index contributed by atoms with van der Waals surface area (Å²) in [7, 11) is 0. The Labute approximate surface area is 234 Å². The number of carbonyl (C=O) groups is 1. The van der Waals surface area contributed by atoms with Gasteiger partial charge in [0.25, 0.3) is 0 Å². The Hall–Kier alpha value is -4.94. The molecule has 1 atom stereocenters. The van der Waals surface area contributed by atoms with Crippen molar-refractivity contribution in [3.63, 3.8) is 0 Å². The van der Waals surface area contributed by atoms with Gasteiger partial charge < -0.3 is 25.4 Å². The Morgan fingerprint density at radius 3 is 2.36 bits per heavy atom. The van der Waals surface area contributed by atoms with Crippen LogP contribution in [-0.2, 0) is 11.7 Å². The maximum Gasteiger partial charge on any atom is 0.573 e. The van der Waals surface area contributed by atoms with Crippen molar-refractivity contribution in [2.75, 3.05) is 22.1 Å². The van der Waals surface area contributed by atoms with Crippen LogP contribution in [0, 0.1) is 0 Å². The number of halogens is 6. The molecule has 0 saturated carbocycles. The fourth-order valence-corrected chi connectivity index (χ4v) is 5.62. The summed E-state index contributed by atoms with van der Waals surface area (Å²) in [5.41, 5.74) is 1.53. The zero-order chi connectivity index (χ0) is 30.0. The highest BCUT2D eigenvalue weighted by Crippen LogP contribution is 2.55. The number of aromatic nitrogens is 1. The monoisotopic (exact) mass is 587 g/mol. The maximum absolute atomic E-state index is 13.6. The van der Waals surface area contributed by atoms with E-state index in [1.54, 1.807) is 46.7 Å². The van der Waals surface area contributed by atoms with E-state index in [-0.39, 0.29) is 18.0 Å². The Morgan fingerprint density at radius 2 is 1.67 bits per heavy atom. The number of carbonyl (C=O) groups excluding carboxylic acids is 1. The molecule has 0 aliphatic carbocycles. The van der Waals surface area contributed by atoms with Crippen LogP contribution in [-0.4, -0.2) is 24.0 Å². The lowest BCUT2D eigenvalue weighted by atomic mass is 9.93. The van der Waals surface area contributed by atoms with Crippen molar-refractivity contribution in [3.8, 4) is 22.8 Å². The maximum atomic E-state index is 13.6. The molecule has 0 fully saturated rings. The minimum Gasteiger partial charge on any atom is -0.506 e. The van der Waals surface area contributed by atoms with Crippen LogP contribution in [0.5, 0.6) is 11.5 Å². The zero-order valence-electron chi connectivity index (χ0n) is 21.6. The average Bonchev–Trinajstić information content (AvgIpc) is 3.36. The third-order valence-electron chi connectivity index (χ3n) is 7.30. The second-order valence-electron chi connectivity index (χ2n) is 10.1. The number of hydrogen-bond acceptors (Lipinski definition) is 4. The first-order chi connectivity index (χ1) is 19.7. The number of nitrogens with one attached hydrogen (secondary N) is 2.